The zero-order valence-electron chi connectivity index (χ0n) is 7.39. The molecule has 0 amide bonds. The number of allylic oxidation sites excluding steroid dienone is 6. The third-order valence-corrected chi connectivity index (χ3v) is 3.10. The van der Waals surface area contributed by atoms with Crippen LogP contribution in [-0.4, -0.2) is 4.84 Å². The molecule has 0 bridgehead atoms. The summed E-state index contributed by atoms with van der Waals surface area (Å²) in [6.45, 7) is 0. The van der Waals surface area contributed by atoms with E-state index in [1.165, 1.54) is 24.0 Å². The van der Waals surface area contributed by atoms with E-state index in [0.29, 0.717) is 0 Å². The third-order valence-electron chi connectivity index (χ3n) is 2.63. The van der Waals surface area contributed by atoms with Crippen LogP contribution in [0.1, 0.15) is 25.7 Å². The Morgan fingerprint density at radius 1 is 1.31 bits per heavy atom. The van der Waals surface area contributed by atoms with Crippen LogP contribution in [0.4, 0.5) is 0 Å². The van der Waals surface area contributed by atoms with Crippen molar-refractivity contribution < 1.29 is 0 Å². The van der Waals surface area contributed by atoms with Crippen LogP contribution in [0.25, 0.3) is 0 Å². The molecule has 70 valence electrons. The highest BCUT2D eigenvalue weighted by Gasteiger charge is 2.19. The molecule has 0 aromatic rings. The molecule has 0 nitrogen and oxygen atoms in total. The topological polar surface area (TPSA) is 0 Å². The molecule has 0 atom stereocenters. The molecule has 0 unspecified atom stereocenters. The molecule has 0 aromatic heterocycles. The van der Waals surface area contributed by atoms with Gasteiger partial charge in [0.15, 0.2) is 0 Å². The van der Waals surface area contributed by atoms with Crippen molar-refractivity contribution in [2.24, 2.45) is 0 Å². The van der Waals surface area contributed by atoms with Crippen molar-refractivity contribution in [1.29, 1.82) is 0 Å². The van der Waals surface area contributed by atoms with E-state index in [1.54, 1.807) is 0 Å². The van der Waals surface area contributed by atoms with Crippen LogP contribution in [-0.2, 0) is 0 Å². The quantitative estimate of drug-likeness (QED) is 0.576. The molecule has 0 aliphatic heterocycles. The van der Waals surface area contributed by atoms with E-state index in [2.05, 4.69) is 18.2 Å². The summed E-state index contributed by atoms with van der Waals surface area (Å²) in [7, 11) is 0. The van der Waals surface area contributed by atoms with Crippen molar-refractivity contribution in [1.82, 2.24) is 0 Å². The lowest BCUT2D eigenvalue weighted by Crippen LogP contribution is -2.07. The Labute approximate surface area is 88.9 Å². The fourth-order valence-corrected chi connectivity index (χ4v) is 2.40. The first-order valence-electron chi connectivity index (χ1n) is 4.66. The maximum Gasteiger partial charge on any atom is 0.133 e. The van der Waals surface area contributed by atoms with Gasteiger partial charge >= 0.3 is 0 Å². The van der Waals surface area contributed by atoms with Gasteiger partial charge in [0.1, 0.15) is 4.84 Å². The predicted octanol–water partition coefficient (Wildman–Crippen LogP) is 4.16. The van der Waals surface area contributed by atoms with Gasteiger partial charge in [-0.05, 0) is 42.4 Å². The molecule has 0 aromatic carbocycles. The minimum Gasteiger partial charge on any atom is -0.100 e. The van der Waals surface area contributed by atoms with Crippen LogP contribution in [0.3, 0.4) is 0 Å². The Morgan fingerprint density at radius 3 is 2.92 bits per heavy atom. The standard InChI is InChI=1S/C11H12Cl2/c12-11(13)10-7-3-5-8-4-1-2-6-9(8)10/h3-4,7,11H,1-2,5-6H2. The molecule has 2 heteroatoms. The fraction of sp³-hybridized carbons (Fsp3) is 0.455. The molecule has 13 heavy (non-hydrogen) atoms. The van der Waals surface area contributed by atoms with Crippen molar-refractivity contribution in [2.75, 3.05) is 0 Å². The van der Waals surface area contributed by atoms with Crippen molar-refractivity contribution in [3.05, 3.63) is 34.9 Å². The average molecular weight is 215 g/mol. The second kappa shape index (κ2) is 3.89. The number of halogens is 2. The Balaban J connectivity index is 2.40. The second-order valence-electron chi connectivity index (χ2n) is 3.46. The van der Waals surface area contributed by atoms with Gasteiger partial charge in [-0.2, -0.15) is 0 Å². The summed E-state index contributed by atoms with van der Waals surface area (Å²) in [4.78, 5) is -0.368. The number of alkyl halides is 2. The Morgan fingerprint density at radius 2 is 2.15 bits per heavy atom. The van der Waals surface area contributed by atoms with Crippen LogP contribution in [0, 0.1) is 0 Å². The summed E-state index contributed by atoms with van der Waals surface area (Å²) >= 11 is 11.8. The molecule has 0 saturated carbocycles. The highest BCUT2D eigenvalue weighted by atomic mass is 35.5. The molecular formula is C11H12Cl2. The molecule has 2 aliphatic carbocycles. The van der Waals surface area contributed by atoms with Gasteiger partial charge in [-0.1, -0.05) is 18.2 Å². The van der Waals surface area contributed by atoms with E-state index in [0.717, 1.165) is 18.4 Å². The number of hydrogen-bond donors (Lipinski definition) is 0. The van der Waals surface area contributed by atoms with Crippen LogP contribution in [0.5, 0.6) is 0 Å². The predicted molar refractivity (Wildman–Crippen MR) is 58.2 cm³/mol. The van der Waals surface area contributed by atoms with E-state index >= 15 is 0 Å². The third kappa shape index (κ3) is 1.84. The van der Waals surface area contributed by atoms with Gasteiger partial charge in [-0.15, -0.1) is 23.2 Å². The van der Waals surface area contributed by atoms with Gasteiger partial charge in [0.2, 0.25) is 0 Å². The van der Waals surface area contributed by atoms with E-state index in [9.17, 15) is 0 Å². The van der Waals surface area contributed by atoms with Crippen molar-refractivity contribution in [3.8, 4) is 0 Å². The lowest BCUT2D eigenvalue weighted by Gasteiger charge is -2.23. The first-order chi connectivity index (χ1) is 6.29. The maximum absolute atomic E-state index is 5.91. The molecule has 2 aliphatic rings. The van der Waals surface area contributed by atoms with Crippen LogP contribution < -0.4 is 0 Å². The number of rotatable bonds is 1. The highest BCUT2D eigenvalue weighted by molar-refractivity contribution is 6.46. The summed E-state index contributed by atoms with van der Waals surface area (Å²) in [5.41, 5.74) is 3.94. The maximum atomic E-state index is 5.91. The molecular weight excluding hydrogens is 203 g/mol. The molecule has 0 saturated heterocycles. The van der Waals surface area contributed by atoms with E-state index in [-0.39, 0.29) is 4.84 Å². The van der Waals surface area contributed by atoms with Gasteiger partial charge in [0, 0.05) is 0 Å². The minimum absolute atomic E-state index is 0.368. The van der Waals surface area contributed by atoms with Gasteiger partial charge in [-0.25, -0.2) is 0 Å². The largest absolute Gasteiger partial charge is 0.133 e. The summed E-state index contributed by atoms with van der Waals surface area (Å²) < 4.78 is 0. The monoisotopic (exact) mass is 214 g/mol. The molecule has 0 radical (unpaired) electrons. The first kappa shape index (κ1) is 9.36. The zero-order chi connectivity index (χ0) is 9.26. The smallest absolute Gasteiger partial charge is 0.100 e. The SMILES string of the molecule is ClC(Cl)C1=C2CCCC=C2CC=C1. The second-order valence-corrected chi connectivity index (χ2v) is 4.56. The van der Waals surface area contributed by atoms with Gasteiger partial charge in [-0.3, -0.25) is 0 Å². The lowest BCUT2D eigenvalue weighted by atomic mass is 9.85. The Bertz CT molecular complexity index is 295. The summed E-state index contributed by atoms with van der Waals surface area (Å²) in [6.07, 6.45) is 11.2. The summed E-state index contributed by atoms with van der Waals surface area (Å²) in [5, 5.41) is 0. The first-order valence-corrected chi connectivity index (χ1v) is 5.53. The van der Waals surface area contributed by atoms with Gasteiger partial charge in [0.05, 0.1) is 0 Å². The summed E-state index contributed by atoms with van der Waals surface area (Å²) in [5.74, 6) is 0. The van der Waals surface area contributed by atoms with E-state index in [4.69, 9.17) is 23.2 Å². The number of fused-ring (bicyclic) bond motifs is 1. The highest BCUT2D eigenvalue weighted by Crippen LogP contribution is 2.36. The molecule has 2 rings (SSSR count). The normalized spacial score (nSPS) is 21.9. The van der Waals surface area contributed by atoms with Gasteiger partial charge in [0.25, 0.3) is 0 Å². The van der Waals surface area contributed by atoms with Crippen LogP contribution in [0.2, 0.25) is 0 Å². The van der Waals surface area contributed by atoms with Crippen molar-refractivity contribution >= 4 is 23.2 Å². The fourth-order valence-electron chi connectivity index (χ4n) is 1.99. The van der Waals surface area contributed by atoms with Crippen LogP contribution >= 0.6 is 23.2 Å². The van der Waals surface area contributed by atoms with Crippen molar-refractivity contribution in [2.45, 2.75) is 30.5 Å². The summed E-state index contributed by atoms with van der Waals surface area (Å²) in [6, 6.07) is 0. The average Bonchev–Trinajstić information content (AvgIpc) is 2.17. The zero-order valence-corrected chi connectivity index (χ0v) is 8.91. The number of hydrogen-bond acceptors (Lipinski definition) is 0. The molecule has 0 spiro atoms. The van der Waals surface area contributed by atoms with Crippen LogP contribution in [0.15, 0.2) is 34.9 Å². The minimum atomic E-state index is -0.368. The molecule has 0 N–H and O–H groups in total. The molecule has 0 fully saturated rings. The van der Waals surface area contributed by atoms with E-state index in [1.807, 2.05) is 0 Å². The van der Waals surface area contributed by atoms with Crippen molar-refractivity contribution in [3.63, 3.8) is 0 Å². The molecule has 0 heterocycles. The lowest BCUT2D eigenvalue weighted by molar-refractivity contribution is 0.781. The van der Waals surface area contributed by atoms with E-state index < -0.39 is 0 Å². The Kier molecular flexibility index (Phi) is 2.80. The van der Waals surface area contributed by atoms with Gasteiger partial charge < -0.3 is 0 Å². The Hall–Kier alpha value is -0.200.